The zero-order valence-electron chi connectivity index (χ0n) is 16.4. The van der Waals surface area contributed by atoms with Gasteiger partial charge in [0.15, 0.2) is 0 Å². The molecule has 1 aliphatic rings. The first-order valence-electron chi connectivity index (χ1n) is 10.3. The molecule has 0 aliphatic carbocycles. The topological polar surface area (TPSA) is 32.3 Å². The SMILES string of the molecule is CCCC(C(=O)NCC1CCCN(Cc2ccccc2)C1)c1ccccc1. The number of hydrogen-bond acceptors (Lipinski definition) is 2. The number of nitrogens with one attached hydrogen (secondary N) is 1. The van der Waals surface area contributed by atoms with Gasteiger partial charge >= 0.3 is 0 Å². The third-order valence-corrected chi connectivity index (χ3v) is 5.51. The molecule has 1 saturated heterocycles. The van der Waals surface area contributed by atoms with Crippen molar-refractivity contribution < 1.29 is 4.79 Å². The lowest BCUT2D eigenvalue weighted by molar-refractivity contribution is -0.123. The molecule has 1 heterocycles. The van der Waals surface area contributed by atoms with E-state index in [-0.39, 0.29) is 11.8 Å². The number of carbonyl (C=O) groups is 1. The molecule has 27 heavy (non-hydrogen) atoms. The van der Waals surface area contributed by atoms with Crippen LogP contribution < -0.4 is 5.32 Å². The lowest BCUT2D eigenvalue weighted by Crippen LogP contribution is -2.41. The molecule has 0 bridgehead atoms. The molecular weight excluding hydrogens is 332 g/mol. The van der Waals surface area contributed by atoms with Crippen molar-refractivity contribution in [1.82, 2.24) is 10.2 Å². The Morgan fingerprint density at radius 2 is 1.81 bits per heavy atom. The molecule has 2 unspecified atom stereocenters. The number of likely N-dealkylation sites (tertiary alicyclic amines) is 1. The zero-order valence-corrected chi connectivity index (χ0v) is 16.4. The number of nitrogens with zero attached hydrogens (tertiary/aromatic N) is 1. The van der Waals surface area contributed by atoms with Crippen LogP contribution in [-0.2, 0) is 11.3 Å². The van der Waals surface area contributed by atoms with Crippen LogP contribution in [0.25, 0.3) is 0 Å². The Morgan fingerprint density at radius 1 is 1.11 bits per heavy atom. The molecule has 1 aliphatic heterocycles. The van der Waals surface area contributed by atoms with Crippen LogP contribution in [0.1, 0.15) is 49.7 Å². The predicted octanol–water partition coefficient (Wildman–Crippen LogP) is 4.60. The Morgan fingerprint density at radius 3 is 2.52 bits per heavy atom. The van der Waals surface area contributed by atoms with Gasteiger partial charge in [-0.25, -0.2) is 0 Å². The first-order chi connectivity index (χ1) is 13.3. The van der Waals surface area contributed by atoms with Crippen LogP contribution in [0, 0.1) is 5.92 Å². The molecule has 3 rings (SSSR count). The molecule has 2 aromatic rings. The van der Waals surface area contributed by atoms with Crippen molar-refractivity contribution in [2.75, 3.05) is 19.6 Å². The van der Waals surface area contributed by atoms with Crippen LogP contribution in [0.2, 0.25) is 0 Å². The Hall–Kier alpha value is -2.13. The van der Waals surface area contributed by atoms with Gasteiger partial charge in [0, 0.05) is 19.6 Å². The summed E-state index contributed by atoms with van der Waals surface area (Å²) in [6, 6.07) is 20.9. The monoisotopic (exact) mass is 364 g/mol. The van der Waals surface area contributed by atoms with Gasteiger partial charge in [0.25, 0.3) is 0 Å². The van der Waals surface area contributed by atoms with Crippen molar-refractivity contribution in [3.63, 3.8) is 0 Å². The number of benzene rings is 2. The highest BCUT2D eigenvalue weighted by Crippen LogP contribution is 2.22. The van der Waals surface area contributed by atoms with Crippen LogP contribution in [0.3, 0.4) is 0 Å². The van der Waals surface area contributed by atoms with Gasteiger partial charge in [0.1, 0.15) is 0 Å². The summed E-state index contributed by atoms with van der Waals surface area (Å²) < 4.78 is 0. The molecule has 1 fully saturated rings. The Balaban J connectivity index is 1.51. The summed E-state index contributed by atoms with van der Waals surface area (Å²) in [6.45, 7) is 6.16. The largest absolute Gasteiger partial charge is 0.355 e. The molecule has 144 valence electrons. The Bertz CT molecular complexity index is 686. The molecular formula is C24H32N2O. The fourth-order valence-electron chi connectivity index (χ4n) is 4.09. The number of piperidine rings is 1. The third kappa shape index (κ3) is 5.93. The summed E-state index contributed by atoms with van der Waals surface area (Å²) in [5, 5.41) is 3.25. The summed E-state index contributed by atoms with van der Waals surface area (Å²) in [5.41, 5.74) is 2.50. The van der Waals surface area contributed by atoms with Crippen LogP contribution in [0.5, 0.6) is 0 Å². The molecule has 3 heteroatoms. The average molecular weight is 365 g/mol. The van der Waals surface area contributed by atoms with E-state index in [2.05, 4.69) is 59.6 Å². The van der Waals surface area contributed by atoms with E-state index >= 15 is 0 Å². The number of hydrogen-bond donors (Lipinski definition) is 1. The van der Waals surface area contributed by atoms with Gasteiger partial charge in [-0.05, 0) is 42.9 Å². The van der Waals surface area contributed by atoms with Crippen molar-refractivity contribution in [2.24, 2.45) is 5.92 Å². The first-order valence-corrected chi connectivity index (χ1v) is 10.3. The Kier molecular flexibility index (Phi) is 7.46. The van der Waals surface area contributed by atoms with Crippen molar-refractivity contribution in [1.29, 1.82) is 0 Å². The maximum Gasteiger partial charge on any atom is 0.227 e. The summed E-state index contributed by atoms with van der Waals surface area (Å²) in [4.78, 5) is 15.3. The van der Waals surface area contributed by atoms with E-state index in [9.17, 15) is 4.79 Å². The van der Waals surface area contributed by atoms with E-state index < -0.39 is 0 Å². The maximum atomic E-state index is 12.8. The zero-order chi connectivity index (χ0) is 18.9. The van der Waals surface area contributed by atoms with Gasteiger partial charge in [0.05, 0.1) is 5.92 Å². The second-order valence-corrected chi connectivity index (χ2v) is 7.73. The molecule has 0 aromatic heterocycles. The molecule has 0 radical (unpaired) electrons. The van der Waals surface area contributed by atoms with Crippen molar-refractivity contribution in [3.05, 3.63) is 71.8 Å². The quantitative estimate of drug-likeness (QED) is 0.742. The van der Waals surface area contributed by atoms with E-state index in [0.29, 0.717) is 5.92 Å². The normalized spacial score (nSPS) is 18.8. The third-order valence-electron chi connectivity index (χ3n) is 5.51. The number of rotatable bonds is 8. The molecule has 0 spiro atoms. The van der Waals surface area contributed by atoms with E-state index in [4.69, 9.17) is 0 Å². The highest BCUT2D eigenvalue weighted by Gasteiger charge is 2.23. The Labute approximate surface area is 163 Å². The molecule has 1 N–H and O–H groups in total. The van der Waals surface area contributed by atoms with Gasteiger partial charge < -0.3 is 5.32 Å². The predicted molar refractivity (Wildman–Crippen MR) is 112 cm³/mol. The van der Waals surface area contributed by atoms with E-state index in [1.807, 2.05) is 18.2 Å². The van der Waals surface area contributed by atoms with E-state index in [1.165, 1.54) is 18.4 Å². The minimum atomic E-state index is -0.0276. The fourth-order valence-corrected chi connectivity index (χ4v) is 4.09. The van der Waals surface area contributed by atoms with Gasteiger partial charge in [-0.1, -0.05) is 74.0 Å². The molecule has 1 amide bonds. The lowest BCUT2D eigenvalue weighted by atomic mass is 9.92. The van der Waals surface area contributed by atoms with Crippen molar-refractivity contribution in [3.8, 4) is 0 Å². The summed E-state index contributed by atoms with van der Waals surface area (Å²) in [7, 11) is 0. The molecule has 3 nitrogen and oxygen atoms in total. The maximum absolute atomic E-state index is 12.8. The fraction of sp³-hybridized carbons (Fsp3) is 0.458. The smallest absolute Gasteiger partial charge is 0.227 e. The first kappa shape index (κ1) is 19.6. The molecule has 2 aromatic carbocycles. The van der Waals surface area contributed by atoms with Crippen molar-refractivity contribution >= 4 is 5.91 Å². The van der Waals surface area contributed by atoms with Crippen LogP contribution in [0.15, 0.2) is 60.7 Å². The second kappa shape index (κ2) is 10.3. The van der Waals surface area contributed by atoms with Gasteiger partial charge in [-0.15, -0.1) is 0 Å². The summed E-state index contributed by atoms with van der Waals surface area (Å²) in [6.07, 6.45) is 4.34. The highest BCUT2D eigenvalue weighted by molar-refractivity contribution is 5.83. The minimum absolute atomic E-state index is 0.0276. The standard InChI is InChI=1S/C24H32N2O/c1-2-10-23(22-14-7-4-8-15-22)24(27)25-17-21-13-9-16-26(19-21)18-20-11-5-3-6-12-20/h3-8,11-12,14-15,21,23H,2,9-10,13,16-19H2,1H3,(H,25,27). The van der Waals surface area contributed by atoms with Crippen LogP contribution >= 0.6 is 0 Å². The van der Waals surface area contributed by atoms with E-state index in [1.54, 1.807) is 0 Å². The summed E-state index contributed by atoms with van der Waals surface area (Å²) >= 11 is 0. The molecule has 2 atom stereocenters. The van der Waals surface area contributed by atoms with Gasteiger partial charge in [-0.3, -0.25) is 9.69 Å². The number of carbonyl (C=O) groups excluding carboxylic acids is 1. The van der Waals surface area contributed by atoms with Gasteiger partial charge in [0.2, 0.25) is 5.91 Å². The molecule has 0 saturated carbocycles. The van der Waals surface area contributed by atoms with Crippen molar-refractivity contribution in [2.45, 2.75) is 45.1 Å². The van der Waals surface area contributed by atoms with Crippen LogP contribution in [0.4, 0.5) is 0 Å². The lowest BCUT2D eigenvalue weighted by Gasteiger charge is -2.33. The second-order valence-electron chi connectivity index (χ2n) is 7.73. The minimum Gasteiger partial charge on any atom is -0.355 e. The highest BCUT2D eigenvalue weighted by atomic mass is 16.1. The van der Waals surface area contributed by atoms with Crippen LogP contribution in [-0.4, -0.2) is 30.4 Å². The number of amides is 1. The van der Waals surface area contributed by atoms with Gasteiger partial charge in [-0.2, -0.15) is 0 Å². The summed E-state index contributed by atoms with van der Waals surface area (Å²) in [5.74, 6) is 0.702. The average Bonchev–Trinajstić information content (AvgIpc) is 2.72. The van der Waals surface area contributed by atoms with E-state index in [0.717, 1.165) is 44.6 Å².